The third-order valence-electron chi connectivity index (χ3n) is 2.79. The van der Waals surface area contributed by atoms with E-state index in [2.05, 4.69) is 19.2 Å². The number of rotatable bonds is 6. The number of nitrogens with one attached hydrogen (secondary N) is 1. The van der Waals surface area contributed by atoms with E-state index in [1.807, 2.05) is 0 Å². The van der Waals surface area contributed by atoms with Gasteiger partial charge in [-0.25, -0.2) is 4.39 Å². The zero-order valence-electron chi connectivity index (χ0n) is 10.5. The van der Waals surface area contributed by atoms with Crippen molar-refractivity contribution in [1.29, 1.82) is 0 Å². The third-order valence-corrected chi connectivity index (χ3v) is 3.12. The lowest BCUT2D eigenvalue weighted by molar-refractivity contribution is 0.379. The minimum absolute atomic E-state index is 0.183. The standard InChI is InChI=1S/C13H19ClFNO/c1-9(2)11(7-14)16-8-10-5-4-6-12(17-3)13(10)15/h4-6,9,11,16H,7-8H2,1-3H3. The molecule has 2 nitrogen and oxygen atoms in total. The number of halogens is 2. The van der Waals surface area contributed by atoms with Crippen LogP contribution >= 0.6 is 11.6 Å². The summed E-state index contributed by atoms with van der Waals surface area (Å²) < 4.78 is 18.8. The SMILES string of the molecule is COc1cccc(CNC(CCl)C(C)C)c1F. The van der Waals surface area contributed by atoms with Crippen molar-refractivity contribution < 1.29 is 9.13 Å². The zero-order valence-corrected chi connectivity index (χ0v) is 11.2. The van der Waals surface area contributed by atoms with Gasteiger partial charge in [-0.05, 0) is 12.0 Å². The summed E-state index contributed by atoms with van der Waals surface area (Å²) in [5.41, 5.74) is 0.597. The van der Waals surface area contributed by atoms with E-state index < -0.39 is 0 Å². The molecule has 0 aliphatic rings. The Bertz CT molecular complexity index is 357. The van der Waals surface area contributed by atoms with Crippen molar-refractivity contribution in [1.82, 2.24) is 5.32 Å². The summed E-state index contributed by atoms with van der Waals surface area (Å²) >= 11 is 5.85. The van der Waals surface area contributed by atoms with E-state index in [9.17, 15) is 4.39 Å². The number of alkyl halides is 1. The number of hydrogen-bond acceptors (Lipinski definition) is 2. The summed E-state index contributed by atoms with van der Waals surface area (Å²) in [6.45, 7) is 4.63. The number of methoxy groups -OCH3 is 1. The molecule has 1 unspecified atom stereocenters. The lowest BCUT2D eigenvalue weighted by Crippen LogP contribution is -2.35. The Labute approximate surface area is 107 Å². The summed E-state index contributed by atoms with van der Waals surface area (Å²) in [5.74, 6) is 0.903. The molecule has 0 saturated heterocycles. The van der Waals surface area contributed by atoms with E-state index in [-0.39, 0.29) is 17.6 Å². The first-order valence-electron chi connectivity index (χ1n) is 5.70. The molecule has 0 bridgehead atoms. The van der Waals surface area contributed by atoms with Crippen LogP contribution in [-0.4, -0.2) is 19.0 Å². The fourth-order valence-corrected chi connectivity index (χ4v) is 2.03. The largest absolute Gasteiger partial charge is 0.494 e. The third kappa shape index (κ3) is 3.86. The smallest absolute Gasteiger partial charge is 0.169 e. The monoisotopic (exact) mass is 259 g/mol. The number of hydrogen-bond donors (Lipinski definition) is 1. The summed E-state index contributed by atoms with van der Waals surface area (Å²) in [6, 6.07) is 5.32. The van der Waals surface area contributed by atoms with Gasteiger partial charge in [0, 0.05) is 24.0 Å². The molecule has 4 heteroatoms. The van der Waals surface area contributed by atoms with Gasteiger partial charge >= 0.3 is 0 Å². The molecule has 0 fully saturated rings. The summed E-state index contributed by atoms with van der Waals surface area (Å²) in [6.07, 6.45) is 0. The van der Waals surface area contributed by atoms with E-state index >= 15 is 0 Å². The zero-order chi connectivity index (χ0) is 12.8. The molecule has 1 atom stereocenters. The molecule has 1 aromatic rings. The lowest BCUT2D eigenvalue weighted by Gasteiger charge is -2.20. The molecular weight excluding hydrogens is 241 g/mol. The van der Waals surface area contributed by atoms with Gasteiger partial charge in [0.25, 0.3) is 0 Å². The van der Waals surface area contributed by atoms with Crippen LogP contribution in [0.5, 0.6) is 5.75 Å². The van der Waals surface area contributed by atoms with Gasteiger partial charge in [-0.1, -0.05) is 26.0 Å². The average Bonchev–Trinajstić information content (AvgIpc) is 2.31. The van der Waals surface area contributed by atoms with Gasteiger partial charge in [-0.3, -0.25) is 0 Å². The van der Waals surface area contributed by atoms with Crippen LogP contribution in [0.4, 0.5) is 4.39 Å². The molecule has 0 radical (unpaired) electrons. The molecule has 1 N–H and O–H groups in total. The van der Waals surface area contributed by atoms with Crippen LogP contribution < -0.4 is 10.1 Å². The van der Waals surface area contributed by atoms with Crippen molar-refractivity contribution in [3.63, 3.8) is 0 Å². The molecule has 1 aromatic carbocycles. The second kappa shape index (κ2) is 6.82. The van der Waals surface area contributed by atoms with Crippen LogP contribution in [0.3, 0.4) is 0 Å². The van der Waals surface area contributed by atoms with Crippen molar-refractivity contribution in [2.75, 3.05) is 13.0 Å². The van der Waals surface area contributed by atoms with Crippen molar-refractivity contribution in [3.8, 4) is 5.75 Å². The normalized spacial score (nSPS) is 12.8. The molecule has 0 heterocycles. The molecule has 96 valence electrons. The molecule has 1 rings (SSSR count). The molecular formula is C13H19ClFNO. The number of benzene rings is 1. The molecule has 0 spiro atoms. The van der Waals surface area contributed by atoms with E-state index in [1.165, 1.54) is 7.11 Å². The number of ether oxygens (including phenoxy) is 1. The summed E-state index contributed by atoms with van der Waals surface area (Å²) in [4.78, 5) is 0. The highest BCUT2D eigenvalue weighted by Crippen LogP contribution is 2.20. The maximum absolute atomic E-state index is 13.8. The van der Waals surface area contributed by atoms with Crippen LogP contribution in [0.25, 0.3) is 0 Å². The molecule has 0 saturated carbocycles. The van der Waals surface area contributed by atoms with E-state index in [4.69, 9.17) is 16.3 Å². The highest BCUT2D eigenvalue weighted by molar-refractivity contribution is 6.18. The lowest BCUT2D eigenvalue weighted by atomic mass is 10.1. The molecule has 0 amide bonds. The second-order valence-corrected chi connectivity index (χ2v) is 4.63. The van der Waals surface area contributed by atoms with Gasteiger partial charge in [0.1, 0.15) is 0 Å². The van der Waals surface area contributed by atoms with E-state index in [0.717, 1.165) is 0 Å². The van der Waals surface area contributed by atoms with Crippen LogP contribution in [0.2, 0.25) is 0 Å². The second-order valence-electron chi connectivity index (χ2n) is 4.32. The van der Waals surface area contributed by atoms with Crippen LogP contribution in [0, 0.1) is 11.7 Å². The van der Waals surface area contributed by atoms with Crippen molar-refractivity contribution in [2.24, 2.45) is 5.92 Å². The highest BCUT2D eigenvalue weighted by atomic mass is 35.5. The van der Waals surface area contributed by atoms with Gasteiger partial charge in [0.05, 0.1) is 7.11 Å². The van der Waals surface area contributed by atoms with Crippen molar-refractivity contribution in [3.05, 3.63) is 29.6 Å². The molecule has 0 aliphatic heterocycles. The van der Waals surface area contributed by atoms with Crippen LogP contribution in [0.1, 0.15) is 19.4 Å². The first-order chi connectivity index (χ1) is 8.10. The Hall–Kier alpha value is -0.800. The minimum atomic E-state index is -0.306. The van der Waals surface area contributed by atoms with E-state index in [1.54, 1.807) is 18.2 Å². The van der Waals surface area contributed by atoms with Crippen molar-refractivity contribution in [2.45, 2.75) is 26.4 Å². The summed E-state index contributed by atoms with van der Waals surface area (Å²) in [5, 5.41) is 3.25. The fourth-order valence-electron chi connectivity index (χ4n) is 1.56. The quantitative estimate of drug-likeness (QED) is 0.793. The Morgan fingerprint density at radius 3 is 2.65 bits per heavy atom. The Balaban J connectivity index is 2.69. The van der Waals surface area contributed by atoms with Gasteiger partial charge in [-0.2, -0.15) is 0 Å². The van der Waals surface area contributed by atoms with Gasteiger partial charge in [-0.15, -0.1) is 11.6 Å². The van der Waals surface area contributed by atoms with Gasteiger partial charge in [0.2, 0.25) is 0 Å². The van der Waals surface area contributed by atoms with Crippen molar-refractivity contribution >= 4 is 11.6 Å². The Morgan fingerprint density at radius 2 is 2.12 bits per heavy atom. The maximum Gasteiger partial charge on any atom is 0.169 e. The Kier molecular flexibility index (Phi) is 5.72. The van der Waals surface area contributed by atoms with Crippen LogP contribution in [-0.2, 0) is 6.54 Å². The molecule has 0 aliphatic carbocycles. The van der Waals surface area contributed by atoms with Gasteiger partial charge < -0.3 is 10.1 Å². The molecule has 0 aromatic heterocycles. The fraction of sp³-hybridized carbons (Fsp3) is 0.538. The first kappa shape index (κ1) is 14.3. The molecule has 17 heavy (non-hydrogen) atoms. The highest BCUT2D eigenvalue weighted by Gasteiger charge is 2.13. The van der Waals surface area contributed by atoms with Crippen LogP contribution in [0.15, 0.2) is 18.2 Å². The topological polar surface area (TPSA) is 21.3 Å². The predicted octanol–water partition coefficient (Wildman–Crippen LogP) is 3.19. The maximum atomic E-state index is 13.8. The average molecular weight is 260 g/mol. The minimum Gasteiger partial charge on any atom is -0.494 e. The predicted molar refractivity (Wildman–Crippen MR) is 69.1 cm³/mol. The summed E-state index contributed by atoms with van der Waals surface area (Å²) in [7, 11) is 1.46. The van der Waals surface area contributed by atoms with Gasteiger partial charge in [0.15, 0.2) is 11.6 Å². The Morgan fingerprint density at radius 1 is 1.41 bits per heavy atom. The van der Waals surface area contributed by atoms with E-state index in [0.29, 0.717) is 23.9 Å². The first-order valence-corrected chi connectivity index (χ1v) is 6.24.